The molecule has 7 nitrogen and oxygen atoms in total. The lowest BCUT2D eigenvalue weighted by atomic mass is 10.2. The van der Waals surface area contributed by atoms with Crippen LogP contribution in [0.4, 0.5) is 0 Å². The fourth-order valence-electron chi connectivity index (χ4n) is 1.57. The Hall–Kier alpha value is -2.31. The summed E-state index contributed by atoms with van der Waals surface area (Å²) < 4.78 is 5.12. The van der Waals surface area contributed by atoms with Crippen molar-refractivity contribution in [3.05, 3.63) is 24.2 Å². The Balaban J connectivity index is 2.61. The van der Waals surface area contributed by atoms with E-state index >= 15 is 0 Å². The molecule has 1 aromatic heterocycles. The molecule has 0 aliphatic rings. The number of rotatable bonds is 8. The molecule has 2 N–H and O–H groups in total. The molecule has 21 heavy (non-hydrogen) atoms. The molecular weight excluding hydrogens is 274 g/mol. The number of nitrogens with zero attached hydrogens (tertiary/aromatic N) is 1. The van der Waals surface area contributed by atoms with Crippen LogP contribution in [0, 0.1) is 0 Å². The van der Waals surface area contributed by atoms with E-state index in [1.807, 2.05) is 6.92 Å². The van der Waals surface area contributed by atoms with Crippen LogP contribution in [0.25, 0.3) is 0 Å². The van der Waals surface area contributed by atoms with Crippen LogP contribution in [0.2, 0.25) is 0 Å². The topological polar surface area (TPSA) is 92.9 Å². The highest BCUT2D eigenvalue weighted by Gasteiger charge is 2.22. The van der Waals surface area contributed by atoms with E-state index in [0.29, 0.717) is 6.54 Å². The van der Waals surface area contributed by atoms with E-state index in [1.54, 1.807) is 19.1 Å². The van der Waals surface area contributed by atoms with Crippen molar-refractivity contribution in [2.45, 2.75) is 32.7 Å². The molecule has 2 amide bonds. The highest BCUT2D eigenvalue weighted by atomic mass is 16.6. The van der Waals surface area contributed by atoms with Gasteiger partial charge in [0.2, 0.25) is 11.6 Å². The predicted molar refractivity (Wildman–Crippen MR) is 77.8 cm³/mol. The fourth-order valence-corrected chi connectivity index (χ4v) is 1.57. The van der Waals surface area contributed by atoms with Crippen molar-refractivity contribution in [2.24, 2.45) is 5.16 Å². The Kier molecular flexibility index (Phi) is 7.00. The van der Waals surface area contributed by atoms with E-state index in [2.05, 4.69) is 20.6 Å². The smallest absolute Gasteiger partial charge is 0.277 e. The molecule has 0 fully saturated rings. The standard InChI is InChI=1S/C14H21N3O4/c1-4-5-8-15-13(18)10(2)16-14(19)12(17-20-3)11-7-6-9-21-11/h6-7,9-10H,4-5,8H2,1-3H3,(H,15,18)(H,16,19)/b17-12-/t10-/m0/s1. The zero-order chi connectivity index (χ0) is 15.7. The van der Waals surface area contributed by atoms with Crippen LogP contribution in [-0.4, -0.2) is 37.2 Å². The number of furan rings is 1. The SMILES string of the molecule is CCCCNC(=O)[C@H](C)NC(=O)/C(=N\OC)c1ccco1. The van der Waals surface area contributed by atoms with E-state index in [1.165, 1.54) is 13.4 Å². The predicted octanol–water partition coefficient (Wildman–Crippen LogP) is 1.05. The highest BCUT2D eigenvalue weighted by Crippen LogP contribution is 2.03. The van der Waals surface area contributed by atoms with E-state index in [0.717, 1.165) is 12.8 Å². The molecule has 7 heteroatoms. The molecule has 0 aliphatic carbocycles. The minimum Gasteiger partial charge on any atom is -0.462 e. The van der Waals surface area contributed by atoms with Crippen molar-refractivity contribution in [2.75, 3.05) is 13.7 Å². The quantitative estimate of drug-likeness (QED) is 0.426. The molecule has 0 saturated carbocycles. The van der Waals surface area contributed by atoms with Gasteiger partial charge in [0.05, 0.1) is 6.26 Å². The third kappa shape index (κ3) is 5.29. The Labute approximate surface area is 123 Å². The van der Waals surface area contributed by atoms with Gasteiger partial charge in [-0.15, -0.1) is 0 Å². The van der Waals surface area contributed by atoms with Crippen LogP contribution in [0.3, 0.4) is 0 Å². The van der Waals surface area contributed by atoms with Gasteiger partial charge in [-0.1, -0.05) is 18.5 Å². The first kappa shape index (κ1) is 16.7. The molecule has 0 bridgehead atoms. The molecule has 1 heterocycles. The number of amides is 2. The number of hydrogen-bond acceptors (Lipinski definition) is 5. The van der Waals surface area contributed by atoms with Gasteiger partial charge in [-0.25, -0.2) is 0 Å². The summed E-state index contributed by atoms with van der Waals surface area (Å²) in [7, 11) is 1.33. The summed E-state index contributed by atoms with van der Waals surface area (Å²) in [6.07, 6.45) is 3.31. The molecule has 1 atom stereocenters. The van der Waals surface area contributed by atoms with Gasteiger partial charge in [-0.3, -0.25) is 9.59 Å². The lowest BCUT2D eigenvalue weighted by Crippen LogP contribution is -2.47. The molecule has 0 saturated heterocycles. The normalized spacial score (nSPS) is 12.6. The van der Waals surface area contributed by atoms with Crippen molar-refractivity contribution >= 4 is 17.5 Å². The van der Waals surface area contributed by atoms with Crippen LogP contribution in [0.5, 0.6) is 0 Å². The second-order valence-electron chi connectivity index (χ2n) is 4.44. The van der Waals surface area contributed by atoms with E-state index < -0.39 is 11.9 Å². The lowest BCUT2D eigenvalue weighted by Gasteiger charge is -2.14. The zero-order valence-corrected chi connectivity index (χ0v) is 12.5. The van der Waals surface area contributed by atoms with Crippen molar-refractivity contribution in [1.29, 1.82) is 0 Å². The first-order valence-electron chi connectivity index (χ1n) is 6.83. The largest absolute Gasteiger partial charge is 0.462 e. The van der Waals surface area contributed by atoms with Gasteiger partial charge in [0.25, 0.3) is 5.91 Å². The number of hydrogen-bond donors (Lipinski definition) is 2. The molecule has 116 valence electrons. The molecule has 0 spiro atoms. The Morgan fingerprint density at radius 2 is 2.24 bits per heavy atom. The zero-order valence-electron chi connectivity index (χ0n) is 12.5. The van der Waals surface area contributed by atoms with Crippen molar-refractivity contribution in [3.63, 3.8) is 0 Å². The number of carbonyl (C=O) groups is 2. The third-order valence-corrected chi connectivity index (χ3v) is 2.72. The fraction of sp³-hybridized carbons (Fsp3) is 0.500. The minimum absolute atomic E-state index is 0.0179. The van der Waals surface area contributed by atoms with Gasteiger partial charge in [0.15, 0.2) is 5.76 Å². The average Bonchev–Trinajstić information content (AvgIpc) is 2.98. The van der Waals surface area contributed by atoms with Crippen LogP contribution >= 0.6 is 0 Å². The summed E-state index contributed by atoms with van der Waals surface area (Å²) in [5, 5.41) is 8.94. The maximum atomic E-state index is 12.1. The van der Waals surface area contributed by atoms with E-state index in [4.69, 9.17) is 4.42 Å². The van der Waals surface area contributed by atoms with Crippen LogP contribution in [-0.2, 0) is 14.4 Å². The summed E-state index contributed by atoms with van der Waals surface area (Å²) in [4.78, 5) is 28.6. The van der Waals surface area contributed by atoms with Gasteiger partial charge in [0.1, 0.15) is 13.2 Å². The second-order valence-corrected chi connectivity index (χ2v) is 4.44. The summed E-state index contributed by atoms with van der Waals surface area (Å²) in [6.45, 7) is 4.23. The average molecular weight is 295 g/mol. The molecule has 0 aliphatic heterocycles. The minimum atomic E-state index is -0.675. The molecule has 0 aromatic carbocycles. The van der Waals surface area contributed by atoms with Gasteiger partial charge >= 0.3 is 0 Å². The summed E-state index contributed by atoms with van der Waals surface area (Å²) in [5.41, 5.74) is -0.0179. The monoisotopic (exact) mass is 295 g/mol. The van der Waals surface area contributed by atoms with Crippen molar-refractivity contribution < 1.29 is 18.8 Å². The Morgan fingerprint density at radius 1 is 1.48 bits per heavy atom. The van der Waals surface area contributed by atoms with E-state index in [9.17, 15) is 9.59 Å². The number of oxime groups is 1. The van der Waals surface area contributed by atoms with E-state index in [-0.39, 0.29) is 17.4 Å². The summed E-state index contributed by atoms with van der Waals surface area (Å²) in [6, 6.07) is 2.55. The second kappa shape index (κ2) is 8.78. The number of carbonyl (C=O) groups excluding carboxylic acids is 2. The van der Waals surface area contributed by atoms with Crippen LogP contribution < -0.4 is 10.6 Å². The van der Waals surface area contributed by atoms with Crippen molar-refractivity contribution in [3.8, 4) is 0 Å². The Bertz CT molecular complexity index is 482. The van der Waals surface area contributed by atoms with Gasteiger partial charge in [-0.2, -0.15) is 0 Å². The molecule has 1 aromatic rings. The van der Waals surface area contributed by atoms with Gasteiger partial charge < -0.3 is 19.9 Å². The maximum Gasteiger partial charge on any atom is 0.277 e. The van der Waals surface area contributed by atoms with Crippen molar-refractivity contribution in [1.82, 2.24) is 10.6 Å². The van der Waals surface area contributed by atoms with Crippen LogP contribution in [0.15, 0.2) is 28.0 Å². The summed E-state index contributed by atoms with van der Waals surface area (Å²) in [5.74, 6) is -0.508. The molecule has 0 radical (unpaired) electrons. The molecular formula is C14H21N3O4. The molecule has 0 unspecified atom stereocenters. The van der Waals surface area contributed by atoms with Gasteiger partial charge in [0, 0.05) is 6.54 Å². The third-order valence-electron chi connectivity index (χ3n) is 2.72. The maximum absolute atomic E-state index is 12.1. The summed E-state index contributed by atoms with van der Waals surface area (Å²) >= 11 is 0. The molecule has 1 rings (SSSR count). The Morgan fingerprint density at radius 3 is 2.81 bits per heavy atom. The first-order chi connectivity index (χ1) is 10.1. The number of nitrogens with one attached hydrogen (secondary N) is 2. The lowest BCUT2D eigenvalue weighted by molar-refractivity contribution is -0.126. The first-order valence-corrected chi connectivity index (χ1v) is 6.83. The van der Waals surface area contributed by atoms with Gasteiger partial charge in [-0.05, 0) is 25.5 Å². The van der Waals surface area contributed by atoms with Crippen LogP contribution in [0.1, 0.15) is 32.4 Å². The number of unbranched alkanes of at least 4 members (excludes halogenated alkanes) is 1. The highest BCUT2D eigenvalue weighted by molar-refractivity contribution is 6.44.